The monoisotopic (exact) mass is 288 g/mol. The quantitative estimate of drug-likeness (QED) is 0.626. The maximum absolute atomic E-state index is 9.38. The van der Waals surface area contributed by atoms with E-state index in [9.17, 15) is 5.11 Å². The molecular formula is C15H9ClO2S. The molecule has 1 N–H and O–H groups in total. The average Bonchev–Trinajstić information content (AvgIpc) is 2.38. The molecule has 0 atom stereocenters. The fraction of sp³-hybridized carbons (Fsp3) is 0. The first kappa shape index (κ1) is 12.2. The van der Waals surface area contributed by atoms with Gasteiger partial charge in [0.2, 0.25) is 0 Å². The van der Waals surface area contributed by atoms with Crippen LogP contribution in [0.4, 0.5) is 0 Å². The molecule has 2 nitrogen and oxygen atoms in total. The van der Waals surface area contributed by atoms with E-state index in [1.807, 2.05) is 30.3 Å². The maximum atomic E-state index is 9.38. The minimum atomic E-state index is 0.119. The van der Waals surface area contributed by atoms with Crippen molar-refractivity contribution in [2.75, 3.05) is 0 Å². The van der Waals surface area contributed by atoms with Gasteiger partial charge in [-0.25, -0.2) is 0 Å². The van der Waals surface area contributed by atoms with E-state index in [2.05, 4.69) is 0 Å². The van der Waals surface area contributed by atoms with Crippen LogP contribution in [0.5, 0.6) is 5.75 Å². The number of phenols is 1. The van der Waals surface area contributed by atoms with Gasteiger partial charge >= 0.3 is 0 Å². The highest BCUT2D eigenvalue weighted by molar-refractivity contribution is 7.71. The SMILES string of the molecule is Oc1ccc(-c2cc3ccccc3c(=S)o2)c(Cl)c1. The molecule has 0 aliphatic rings. The zero-order chi connectivity index (χ0) is 13.4. The molecule has 1 aromatic heterocycles. The summed E-state index contributed by atoms with van der Waals surface area (Å²) in [5.74, 6) is 0.710. The third-order valence-corrected chi connectivity index (χ3v) is 3.50. The van der Waals surface area contributed by atoms with E-state index in [0.29, 0.717) is 21.1 Å². The molecule has 3 aromatic rings. The van der Waals surface area contributed by atoms with Crippen LogP contribution in [0.1, 0.15) is 0 Å². The van der Waals surface area contributed by atoms with Crippen molar-refractivity contribution in [3.05, 3.63) is 58.3 Å². The van der Waals surface area contributed by atoms with Gasteiger partial charge in [-0.2, -0.15) is 0 Å². The second kappa shape index (κ2) is 4.68. The van der Waals surface area contributed by atoms with Gasteiger partial charge in [0.25, 0.3) is 0 Å². The zero-order valence-electron chi connectivity index (χ0n) is 9.76. The van der Waals surface area contributed by atoms with Crippen LogP contribution in [0.2, 0.25) is 5.02 Å². The molecule has 94 valence electrons. The molecule has 0 fully saturated rings. The highest BCUT2D eigenvalue weighted by Crippen LogP contribution is 2.33. The lowest BCUT2D eigenvalue weighted by atomic mass is 10.1. The number of fused-ring (bicyclic) bond motifs is 1. The molecule has 0 spiro atoms. The summed E-state index contributed by atoms with van der Waals surface area (Å²) in [6.45, 7) is 0. The fourth-order valence-corrected chi connectivity index (χ4v) is 2.51. The van der Waals surface area contributed by atoms with Crippen LogP contribution in [0.3, 0.4) is 0 Å². The standard InChI is InChI=1S/C15H9ClO2S/c16-13-8-10(17)5-6-12(13)14-7-9-3-1-2-4-11(9)15(19)18-14/h1-8,17H. The summed E-state index contributed by atoms with van der Waals surface area (Å²) in [5, 5.41) is 11.7. The van der Waals surface area contributed by atoms with Crippen LogP contribution in [0.15, 0.2) is 52.9 Å². The lowest BCUT2D eigenvalue weighted by Gasteiger charge is -2.06. The Labute approximate surface area is 119 Å². The molecule has 3 rings (SSSR count). The summed E-state index contributed by atoms with van der Waals surface area (Å²) < 4.78 is 6.07. The molecule has 2 aromatic carbocycles. The molecule has 0 radical (unpaired) electrons. The van der Waals surface area contributed by atoms with E-state index in [0.717, 1.165) is 10.8 Å². The van der Waals surface area contributed by atoms with Crippen molar-refractivity contribution in [1.29, 1.82) is 0 Å². The Balaban J connectivity index is 2.28. The molecule has 1 heterocycles. The van der Waals surface area contributed by atoms with Gasteiger partial charge in [-0.3, -0.25) is 0 Å². The second-order valence-corrected chi connectivity index (χ2v) is 4.93. The summed E-state index contributed by atoms with van der Waals surface area (Å²) in [7, 11) is 0. The lowest BCUT2D eigenvalue weighted by Crippen LogP contribution is -1.82. The number of benzene rings is 2. The number of rotatable bonds is 1. The Morgan fingerprint density at radius 1 is 1.05 bits per heavy atom. The van der Waals surface area contributed by atoms with E-state index in [-0.39, 0.29) is 5.75 Å². The molecule has 0 amide bonds. The van der Waals surface area contributed by atoms with Gasteiger partial charge in [-0.15, -0.1) is 0 Å². The topological polar surface area (TPSA) is 33.4 Å². The smallest absolute Gasteiger partial charge is 0.198 e. The predicted octanol–water partition coefficient (Wildman–Crippen LogP) is 5.19. The van der Waals surface area contributed by atoms with Crippen LogP contribution in [0.25, 0.3) is 22.1 Å². The molecule has 0 saturated carbocycles. The highest BCUT2D eigenvalue weighted by atomic mass is 35.5. The number of aromatic hydroxyl groups is 1. The van der Waals surface area contributed by atoms with Gasteiger partial charge in [-0.1, -0.05) is 29.8 Å². The first-order valence-corrected chi connectivity index (χ1v) is 6.45. The average molecular weight is 289 g/mol. The van der Waals surface area contributed by atoms with Gasteiger partial charge in [-0.05, 0) is 47.9 Å². The number of hydrogen-bond donors (Lipinski definition) is 1. The molecule has 0 unspecified atom stereocenters. The van der Waals surface area contributed by atoms with Crippen LogP contribution < -0.4 is 0 Å². The maximum Gasteiger partial charge on any atom is 0.198 e. The van der Waals surface area contributed by atoms with Gasteiger partial charge in [0.1, 0.15) is 11.5 Å². The first-order chi connectivity index (χ1) is 9.15. The molecular weight excluding hydrogens is 280 g/mol. The third kappa shape index (κ3) is 2.23. The lowest BCUT2D eigenvalue weighted by molar-refractivity contribution is 0.475. The Morgan fingerprint density at radius 3 is 2.63 bits per heavy atom. The molecule has 0 aliphatic heterocycles. The van der Waals surface area contributed by atoms with E-state index >= 15 is 0 Å². The minimum Gasteiger partial charge on any atom is -0.508 e. The number of halogens is 1. The Bertz CT molecular complexity index is 824. The minimum absolute atomic E-state index is 0.119. The summed E-state index contributed by atoms with van der Waals surface area (Å²) in [4.78, 5) is 0. The van der Waals surface area contributed by atoms with Gasteiger partial charge < -0.3 is 9.52 Å². The van der Waals surface area contributed by atoms with Crippen molar-refractivity contribution in [3.8, 4) is 17.1 Å². The highest BCUT2D eigenvalue weighted by Gasteiger charge is 2.09. The van der Waals surface area contributed by atoms with Crippen LogP contribution in [-0.4, -0.2) is 5.11 Å². The van der Waals surface area contributed by atoms with Crippen LogP contribution in [-0.2, 0) is 0 Å². The van der Waals surface area contributed by atoms with E-state index < -0.39 is 0 Å². The van der Waals surface area contributed by atoms with Crippen molar-refractivity contribution >= 4 is 34.6 Å². The number of phenolic OH excluding ortho intramolecular Hbond substituents is 1. The van der Waals surface area contributed by atoms with Crippen molar-refractivity contribution in [2.24, 2.45) is 0 Å². The van der Waals surface area contributed by atoms with Gasteiger partial charge in [0.15, 0.2) is 4.71 Å². The summed E-state index contributed by atoms with van der Waals surface area (Å²) in [5.41, 5.74) is 0.705. The van der Waals surface area contributed by atoms with Gasteiger partial charge in [0, 0.05) is 10.9 Å². The summed E-state index contributed by atoms with van der Waals surface area (Å²) in [6, 6.07) is 14.4. The van der Waals surface area contributed by atoms with Crippen molar-refractivity contribution in [1.82, 2.24) is 0 Å². The third-order valence-electron chi connectivity index (χ3n) is 2.89. The molecule has 0 bridgehead atoms. The number of hydrogen-bond acceptors (Lipinski definition) is 3. The summed E-state index contributed by atoms with van der Waals surface area (Å²) >= 11 is 11.4. The fourth-order valence-electron chi connectivity index (χ4n) is 1.97. The van der Waals surface area contributed by atoms with E-state index in [1.54, 1.807) is 12.1 Å². The van der Waals surface area contributed by atoms with Crippen molar-refractivity contribution in [3.63, 3.8) is 0 Å². The molecule has 0 saturated heterocycles. The Morgan fingerprint density at radius 2 is 1.84 bits per heavy atom. The van der Waals surface area contributed by atoms with Crippen LogP contribution in [0, 0.1) is 4.71 Å². The van der Waals surface area contributed by atoms with Gasteiger partial charge in [0.05, 0.1) is 5.02 Å². The zero-order valence-corrected chi connectivity index (χ0v) is 11.3. The summed E-state index contributed by atoms with van der Waals surface area (Å²) in [6.07, 6.45) is 0. The molecule has 4 heteroatoms. The normalized spacial score (nSPS) is 10.8. The Kier molecular flexibility index (Phi) is 3.01. The molecule has 0 aliphatic carbocycles. The molecule has 19 heavy (non-hydrogen) atoms. The van der Waals surface area contributed by atoms with E-state index in [1.165, 1.54) is 6.07 Å². The largest absolute Gasteiger partial charge is 0.508 e. The first-order valence-electron chi connectivity index (χ1n) is 5.67. The van der Waals surface area contributed by atoms with Crippen LogP contribution >= 0.6 is 23.8 Å². The van der Waals surface area contributed by atoms with E-state index in [4.69, 9.17) is 28.2 Å². The van der Waals surface area contributed by atoms with Crippen molar-refractivity contribution < 1.29 is 9.52 Å². The predicted molar refractivity (Wildman–Crippen MR) is 79.2 cm³/mol. The second-order valence-electron chi connectivity index (χ2n) is 4.15. The van der Waals surface area contributed by atoms with Crippen molar-refractivity contribution in [2.45, 2.75) is 0 Å². The Hall–Kier alpha value is -1.84.